The predicted molar refractivity (Wildman–Crippen MR) is 115 cm³/mol. The molecule has 1 aromatic heterocycles. The van der Waals surface area contributed by atoms with Crippen LogP contribution in [0.2, 0.25) is 0 Å². The molecule has 0 aliphatic rings. The van der Waals surface area contributed by atoms with Crippen molar-refractivity contribution in [3.63, 3.8) is 0 Å². The lowest BCUT2D eigenvalue weighted by Gasteiger charge is -2.12. The summed E-state index contributed by atoms with van der Waals surface area (Å²) in [5.74, 6) is -0.0105. The summed E-state index contributed by atoms with van der Waals surface area (Å²) < 4.78 is 10.9. The van der Waals surface area contributed by atoms with Gasteiger partial charge in [0.25, 0.3) is 0 Å². The van der Waals surface area contributed by atoms with Crippen molar-refractivity contribution in [1.29, 1.82) is 0 Å². The minimum Gasteiger partial charge on any atom is -0.488 e. The Balaban J connectivity index is 1.84. The molecule has 0 unspecified atom stereocenters. The monoisotopic (exact) mass is 401 g/mol. The number of benzene rings is 2. The average Bonchev–Trinajstić information content (AvgIpc) is 2.78. The van der Waals surface area contributed by atoms with E-state index in [1.165, 1.54) is 6.08 Å². The number of Topliss-reactive ketones (excluding diaryl/α,β-unsaturated/α-hetero) is 1. The zero-order chi connectivity index (χ0) is 21.2. The van der Waals surface area contributed by atoms with E-state index in [1.807, 2.05) is 36.4 Å². The SMILES string of the molecule is CCOC(=O)/C=C\c1ccc(OCc2ccccc2)c(C(=O)Cc2cccnc2)c1. The Morgan fingerprint density at radius 1 is 1.00 bits per heavy atom. The molecule has 3 rings (SSSR count). The van der Waals surface area contributed by atoms with Crippen LogP contribution in [-0.4, -0.2) is 23.3 Å². The Bertz CT molecular complexity index is 1010. The number of aromatic nitrogens is 1. The molecule has 0 spiro atoms. The smallest absolute Gasteiger partial charge is 0.330 e. The molecule has 5 heteroatoms. The lowest BCUT2D eigenvalue weighted by molar-refractivity contribution is -0.137. The van der Waals surface area contributed by atoms with Gasteiger partial charge < -0.3 is 9.47 Å². The van der Waals surface area contributed by atoms with Gasteiger partial charge in [0.1, 0.15) is 12.4 Å². The van der Waals surface area contributed by atoms with E-state index >= 15 is 0 Å². The maximum Gasteiger partial charge on any atom is 0.330 e. The molecular weight excluding hydrogens is 378 g/mol. The fraction of sp³-hybridized carbons (Fsp3) is 0.160. The quantitative estimate of drug-likeness (QED) is 0.296. The van der Waals surface area contributed by atoms with Gasteiger partial charge in [-0.15, -0.1) is 0 Å². The molecule has 0 bridgehead atoms. The first kappa shape index (κ1) is 21.0. The van der Waals surface area contributed by atoms with Crippen LogP contribution in [0.3, 0.4) is 0 Å². The van der Waals surface area contributed by atoms with E-state index in [2.05, 4.69) is 4.98 Å². The van der Waals surface area contributed by atoms with Crippen LogP contribution < -0.4 is 4.74 Å². The molecular formula is C25H23NO4. The summed E-state index contributed by atoms with van der Waals surface area (Å²) in [4.78, 5) is 28.7. The van der Waals surface area contributed by atoms with Crippen molar-refractivity contribution >= 4 is 17.8 Å². The van der Waals surface area contributed by atoms with Crippen molar-refractivity contribution in [3.8, 4) is 5.75 Å². The molecule has 0 amide bonds. The highest BCUT2D eigenvalue weighted by Crippen LogP contribution is 2.24. The van der Waals surface area contributed by atoms with Gasteiger partial charge in [-0.2, -0.15) is 0 Å². The highest BCUT2D eigenvalue weighted by Gasteiger charge is 2.15. The zero-order valence-corrected chi connectivity index (χ0v) is 16.8. The molecule has 0 atom stereocenters. The molecule has 152 valence electrons. The molecule has 1 heterocycles. The van der Waals surface area contributed by atoms with Crippen LogP contribution in [0.5, 0.6) is 5.75 Å². The van der Waals surface area contributed by atoms with Gasteiger partial charge in [0.2, 0.25) is 0 Å². The van der Waals surface area contributed by atoms with Gasteiger partial charge >= 0.3 is 5.97 Å². The third-order valence-electron chi connectivity index (χ3n) is 4.33. The van der Waals surface area contributed by atoms with Crippen LogP contribution in [0.1, 0.15) is 34.0 Å². The van der Waals surface area contributed by atoms with E-state index in [0.29, 0.717) is 30.1 Å². The zero-order valence-electron chi connectivity index (χ0n) is 16.8. The Morgan fingerprint density at radius 2 is 1.80 bits per heavy atom. The summed E-state index contributed by atoms with van der Waals surface area (Å²) in [5, 5.41) is 0. The first-order chi connectivity index (χ1) is 14.7. The number of nitrogens with zero attached hydrogens (tertiary/aromatic N) is 1. The molecule has 30 heavy (non-hydrogen) atoms. The van der Waals surface area contributed by atoms with Crippen molar-refractivity contribution in [2.75, 3.05) is 6.61 Å². The Labute approximate surface area is 176 Å². The predicted octanol–water partition coefficient (Wildman–Crippen LogP) is 4.66. The standard InChI is InChI=1S/C25H23NO4/c1-2-29-25(28)13-11-19-10-12-24(30-18-20-7-4-3-5-8-20)22(15-19)23(27)16-21-9-6-14-26-17-21/h3-15,17H,2,16,18H2,1H3/b13-11-. The second kappa shape index (κ2) is 10.7. The third kappa shape index (κ3) is 6.14. The van der Waals surface area contributed by atoms with Crippen molar-refractivity contribution in [2.24, 2.45) is 0 Å². The number of pyridine rings is 1. The van der Waals surface area contributed by atoms with Gasteiger partial charge in [-0.3, -0.25) is 9.78 Å². The van der Waals surface area contributed by atoms with Gasteiger partial charge in [0.15, 0.2) is 5.78 Å². The maximum atomic E-state index is 13.0. The lowest BCUT2D eigenvalue weighted by Crippen LogP contribution is -2.08. The number of hydrogen-bond donors (Lipinski definition) is 0. The molecule has 3 aromatic rings. The summed E-state index contributed by atoms with van der Waals surface area (Å²) in [7, 11) is 0. The van der Waals surface area contributed by atoms with Crippen LogP contribution in [0.4, 0.5) is 0 Å². The summed E-state index contributed by atoms with van der Waals surface area (Å²) in [6.45, 7) is 2.41. The van der Waals surface area contributed by atoms with Gasteiger partial charge in [0, 0.05) is 24.9 Å². The second-order valence-electron chi connectivity index (χ2n) is 6.58. The van der Waals surface area contributed by atoms with Crippen LogP contribution in [-0.2, 0) is 22.6 Å². The Kier molecular flexibility index (Phi) is 7.50. The van der Waals surface area contributed by atoms with Crippen molar-refractivity contribution in [2.45, 2.75) is 20.0 Å². The molecule has 0 aliphatic heterocycles. The highest BCUT2D eigenvalue weighted by molar-refractivity contribution is 6.00. The largest absolute Gasteiger partial charge is 0.488 e. The number of rotatable bonds is 9. The lowest BCUT2D eigenvalue weighted by atomic mass is 10.0. The third-order valence-corrected chi connectivity index (χ3v) is 4.33. The minimum atomic E-state index is -0.426. The van der Waals surface area contributed by atoms with Crippen LogP contribution >= 0.6 is 0 Å². The van der Waals surface area contributed by atoms with Crippen molar-refractivity contribution in [3.05, 3.63) is 101 Å². The second-order valence-corrected chi connectivity index (χ2v) is 6.58. The molecule has 2 aromatic carbocycles. The number of carbonyl (C=O) groups excluding carboxylic acids is 2. The van der Waals surface area contributed by atoms with E-state index in [1.54, 1.807) is 49.7 Å². The summed E-state index contributed by atoms with van der Waals surface area (Å²) in [6, 6.07) is 18.7. The molecule has 0 saturated heterocycles. The molecule has 0 aliphatic carbocycles. The number of esters is 1. The van der Waals surface area contributed by atoms with Gasteiger partial charge in [-0.25, -0.2) is 4.79 Å². The van der Waals surface area contributed by atoms with E-state index in [9.17, 15) is 9.59 Å². The molecule has 0 fully saturated rings. The average molecular weight is 401 g/mol. The summed E-state index contributed by atoms with van der Waals surface area (Å²) >= 11 is 0. The number of carbonyl (C=O) groups is 2. The van der Waals surface area contributed by atoms with Crippen LogP contribution in [0, 0.1) is 0 Å². The fourth-order valence-corrected chi connectivity index (χ4v) is 2.87. The summed E-state index contributed by atoms with van der Waals surface area (Å²) in [5.41, 5.74) is 3.00. The maximum absolute atomic E-state index is 13.0. The first-order valence-electron chi connectivity index (χ1n) is 9.73. The highest BCUT2D eigenvalue weighted by atomic mass is 16.5. The molecule has 0 saturated carbocycles. The fourth-order valence-electron chi connectivity index (χ4n) is 2.87. The molecule has 0 radical (unpaired) electrons. The Morgan fingerprint density at radius 3 is 2.53 bits per heavy atom. The topological polar surface area (TPSA) is 65.5 Å². The minimum absolute atomic E-state index is 0.0857. The molecule has 5 nitrogen and oxygen atoms in total. The van der Waals surface area contributed by atoms with Gasteiger partial charge in [-0.1, -0.05) is 42.5 Å². The normalized spacial score (nSPS) is 10.7. The van der Waals surface area contributed by atoms with Gasteiger partial charge in [-0.05, 0) is 47.9 Å². The van der Waals surface area contributed by atoms with Gasteiger partial charge in [0.05, 0.1) is 12.2 Å². The van der Waals surface area contributed by atoms with Crippen molar-refractivity contribution < 1.29 is 19.1 Å². The van der Waals surface area contributed by atoms with E-state index in [4.69, 9.17) is 9.47 Å². The van der Waals surface area contributed by atoms with Crippen LogP contribution in [0.15, 0.2) is 79.1 Å². The number of hydrogen-bond acceptors (Lipinski definition) is 5. The van der Waals surface area contributed by atoms with Crippen LogP contribution in [0.25, 0.3) is 6.08 Å². The van der Waals surface area contributed by atoms with E-state index in [-0.39, 0.29) is 12.2 Å². The number of ether oxygens (including phenoxy) is 2. The first-order valence-corrected chi connectivity index (χ1v) is 9.73. The van der Waals surface area contributed by atoms with E-state index in [0.717, 1.165) is 11.1 Å². The van der Waals surface area contributed by atoms with E-state index < -0.39 is 5.97 Å². The summed E-state index contributed by atoms with van der Waals surface area (Å²) in [6.07, 6.45) is 6.52. The van der Waals surface area contributed by atoms with Crippen molar-refractivity contribution in [1.82, 2.24) is 4.98 Å². The Hall–Kier alpha value is -3.73. The molecule has 0 N–H and O–H groups in total. The number of ketones is 1.